The lowest BCUT2D eigenvalue weighted by atomic mass is 10.1. The first-order valence-corrected chi connectivity index (χ1v) is 7.37. The highest BCUT2D eigenvalue weighted by molar-refractivity contribution is 14.1. The number of carboxylic acids is 1. The zero-order valence-electron chi connectivity index (χ0n) is 11.2. The molecule has 0 amide bonds. The van der Waals surface area contributed by atoms with Crippen LogP contribution in [0.5, 0.6) is 0 Å². The lowest BCUT2D eigenvalue weighted by Crippen LogP contribution is -2.06. The van der Waals surface area contributed by atoms with Gasteiger partial charge in [-0.1, -0.05) is 13.8 Å². The Morgan fingerprint density at radius 3 is 2.89 bits per heavy atom. The first-order chi connectivity index (χ1) is 8.99. The van der Waals surface area contributed by atoms with Gasteiger partial charge >= 0.3 is 5.97 Å². The normalized spacial score (nSPS) is 11.2. The third-order valence-electron chi connectivity index (χ3n) is 2.53. The number of hydrogen-bond acceptors (Lipinski definition) is 3. The van der Waals surface area contributed by atoms with Crippen molar-refractivity contribution in [2.45, 2.75) is 26.7 Å². The number of nitrogens with one attached hydrogen (secondary N) is 1. The molecule has 4 nitrogen and oxygen atoms in total. The van der Waals surface area contributed by atoms with Gasteiger partial charge in [-0.25, -0.2) is 9.78 Å². The van der Waals surface area contributed by atoms with E-state index in [-0.39, 0.29) is 0 Å². The Bertz CT molecular complexity index is 459. The van der Waals surface area contributed by atoms with Gasteiger partial charge in [-0.3, -0.25) is 0 Å². The highest BCUT2D eigenvalue weighted by atomic mass is 127. The van der Waals surface area contributed by atoms with Crippen LogP contribution in [0.3, 0.4) is 0 Å². The number of nitrogens with zero attached hydrogens (tertiary/aromatic N) is 1. The van der Waals surface area contributed by atoms with E-state index in [0.717, 1.165) is 39.9 Å². The molecule has 0 radical (unpaired) electrons. The Hall–Kier alpha value is -1.11. The summed E-state index contributed by atoms with van der Waals surface area (Å²) in [6, 6.07) is 1.91. The number of aromatic nitrogens is 1. The molecule has 1 heterocycles. The van der Waals surface area contributed by atoms with E-state index in [1.54, 1.807) is 12.3 Å². The Labute approximate surface area is 127 Å². The minimum absolute atomic E-state index is 0.720. The van der Waals surface area contributed by atoms with E-state index in [2.05, 4.69) is 46.7 Å². The molecule has 19 heavy (non-hydrogen) atoms. The monoisotopic (exact) mass is 374 g/mol. The van der Waals surface area contributed by atoms with E-state index in [1.807, 2.05) is 6.07 Å². The van der Waals surface area contributed by atoms with Gasteiger partial charge in [0, 0.05) is 18.8 Å². The maximum absolute atomic E-state index is 10.4. The summed E-state index contributed by atoms with van der Waals surface area (Å²) in [4.78, 5) is 14.7. The summed E-state index contributed by atoms with van der Waals surface area (Å²) in [6.07, 6.45) is 6.65. The third kappa shape index (κ3) is 6.56. The van der Waals surface area contributed by atoms with Gasteiger partial charge in [-0.05, 0) is 59.1 Å². The SMILES string of the molecule is CC(C)CCCNc1ncc(/C=C/C(=O)O)cc1I. The van der Waals surface area contributed by atoms with E-state index in [9.17, 15) is 4.79 Å². The second-order valence-electron chi connectivity index (χ2n) is 4.73. The molecule has 0 spiro atoms. The summed E-state index contributed by atoms with van der Waals surface area (Å²) in [6.45, 7) is 5.34. The van der Waals surface area contributed by atoms with Crippen LogP contribution in [0.1, 0.15) is 32.3 Å². The fourth-order valence-corrected chi connectivity index (χ4v) is 2.25. The quantitative estimate of drug-likeness (QED) is 0.435. The summed E-state index contributed by atoms with van der Waals surface area (Å²) < 4.78 is 0.995. The fourth-order valence-electron chi connectivity index (χ4n) is 1.56. The van der Waals surface area contributed by atoms with Crippen LogP contribution in [0.2, 0.25) is 0 Å². The van der Waals surface area contributed by atoms with E-state index >= 15 is 0 Å². The maximum atomic E-state index is 10.4. The second kappa shape index (κ2) is 8.14. The van der Waals surface area contributed by atoms with Gasteiger partial charge in [0.2, 0.25) is 0 Å². The molecule has 5 heteroatoms. The number of aliphatic carboxylic acids is 1. The fraction of sp³-hybridized carbons (Fsp3) is 0.429. The number of hydrogen-bond donors (Lipinski definition) is 2. The highest BCUT2D eigenvalue weighted by Crippen LogP contribution is 2.17. The molecule has 0 saturated carbocycles. The minimum Gasteiger partial charge on any atom is -0.478 e. The van der Waals surface area contributed by atoms with Crippen molar-refractivity contribution >= 4 is 40.5 Å². The zero-order valence-corrected chi connectivity index (χ0v) is 13.3. The largest absolute Gasteiger partial charge is 0.478 e. The average Bonchev–Trinajstić information content (AvgIpc) is 2.33. The Kier molecular flexibility index (Phi) is 6.83. The van der Waals surface area contributed by atoms with E-state index in [1.165, 1.54) is 6.42 Å². The van der Waals surface area contributed by atoms with E-state index < -0.39 is 5.97 Å². The van der Waals surface area contributed by atoms with Crippen LogP contribution in [-0.4, -0.2) is 22.6 Å². The maximum Gasteiger partial charge on any atom is 0.328 e. The Balaban J connectivity index is 2.55. The second-order valence-corrected chi connectivity index (χ2v) is 5.90. The molecule has 0 saturated heterocycles. The number of rotatable bonds is 7. The Morgan fingerprint density at radius 1 is 1.58 bits per heavy atom. The number of pyridine rings is 1. The molecule has 0 aliphatic carbocycles. The lowest BCUT2D eigenvalue weighted by Gasteiger charge is -2.09. The highest BCUT2D eigenvalue weighted by Gasteiger charge is 2.02. The first-order valence-electron chi connectivity index (χ1n) is 6.29. The summed E-state index contributed by atoms with van der Waals surface area (Å²) in [5.41, 5.74) is 0.791. The van der Waals surface area contributed by atoms with Crippen molar-refractivity contribution < 1.29 is 9.90 Å². The molecular formula is C14H19IN2O2. The molecule has 0 unspecified atom stereocenters. The molecule has 1 aromatic rings. The van der Waals surface area contributed by atoms with Gasteiger partial charge in [-0.15, -0.1) is 0 Å². The van der Waals surface area contributed by atoms with Gasteiger partial charge in [0.05, 0.1) is 3.57 Å². The van der Waals surface area contributed by atoms with Gasteiger partial charge in [0.25, 0.3) is 0 Å². The number of carbonyl (C=O) groups is 1. The van der Waals surface area contributed by atoms with Gasteiger partial charge in [0.1, 0.15) is 5.82 Å². The van der Waals surface area contributed by atoms with Crippen molar-refractivity contribution in [3.63, 3.8) is 0 Å². The van der Waals surface area contributed by atoms with Crippen LogP contribution in [0.15, 0.2) is 18.3 Å². The van der Waals surface area contributed by atoms with Crippen LogP contribution in [0, 0.1) is 9.49 Å². The lowest BCUT2D eigenvalue weighted by molar-refractivity contribution is -0.131. The molecule has 1 rings (SSSR count). The van der Waals surface area contributed by atoms with Crippen molar-refractivity contribution in [2.24, 2.45) is 5.92 Å². The number of anilines is 1. The predicted molar refractivity (Wildman–Crippen MR) is 86.2 cm³/mol. The zero-order chi connectivity index (χ0) is 14.3. The summed E-state index contributed by atoms with van der Waals surface area (Å²) in [5, 5.41) is 11.9. The molecule has 104 valence electrons. The molecule has 0 aliphatic rings. The summed E-state index contributed by atoms with van der Waals surface area (Å²) in [5.74, 6) is 0.625. The molecule has 0 fully saturated rings. The van der Waals surface area contributed by atoms with Crippen molar-refractivity contribution in [1.29, 1.82) is 0 Å². The molecular weight excluding hydrogens is 355 g/mol. The van der Waals surface area contributed by atoms with Crippen LogP contribution in [0.4, 0.5) is 5.82 Å². The predicted octanol–water partition coefficient (Wildman–Crippen LogP) is 3.63. The smallest absolute Gasteiger partial charge is 0.328 e. The Morgan fingerprint density at radius 2 is 2.32 bits per heavy atom. The van der Waals surface area contributed by atoms with Crippen LogP contribution >= 0.6 is 22.6 Å². The van der Waals surface area contributed by atoms with Crippen molar-refractivity contribution in [2.75, 3.05) is 11.9 Å². The number of carboxylic acid groups (broad SMARTS) is 1. The van der Waals surface area contributed by atoms with Crippen molar-refractivity contribution in [1.82, 2.24) is 4.98 Å². The molecule has 0 atom stereocenters. The molecule has 0 bridgehead atoms. The number of halogens is 1. The summed E-state index contributed by atoms with van der Waals surface area (Å²) >= 11 is 2.20. The van der Waals surface area contributed by atoms with Crippen LogP contribution in [-0.2, 0) is 4.79 Å². The van der Waals surface area contributed by atoms with Gasteiger partial charge in [-0.2, -0.15) is 0 Å². The van der Waals surface area contributed by atoms with Crippen LogP contribution in [0.25, 0.3) is 6.08 Å². The van der Waals surface area contributed by atoms with Crippen LogP contribution < -0.4 is 5.32 Å². The van der Waals surface area contributed by atoms with Crippen molar-refractivity contribution in [3.8, 4) is 0 Å². The van der Waals surface area contributed by atoms with E-state index in [4.69, 9.17) is 5.11 Å². The first kappa shape index (κ1) is 15.9. The third-order valence-corrected chi connectivity index (χ3v) is 3.35. The molecule has 1 aromatic heterocycles. The minimum atomic E-state index is -0.953. The summed E-state index contributed by atoms with van der Waals surface area (Å²) in [7, 11) is 0. The molecule has 2 N–H and O–H groups in total. The topological polar surface area (TPSA) is 62.2 Å². The standard InChI is InChI=1S/C14H19IN2O2/c1-10(2)4-3-7-16-14-12(15)8-11(9-17-14)5-6-13(18)19/h5-6,8-10H,3-4,7H2,1-2H3,(H,16,17)(H,18,19)/b6-5+. The molecule has 0 aliphatic heterocycles. The average molecular weight is 374 g/mol. The van der Waals surface area contributed by atoms with Gasteiger partial charge < -0.3 is 10.4 Å². The molecule has 0 aromatic carbocycles. The van der Waals surface area contributed by atoms with E-state index in [0.29, 0.717) is 0 Å². The van der Waals surface area contributed by atoms with Gasteiger partial charge in [0.15, 0.2) is 0 Å². The van der Waals surface area contributed by atoms with Crippen molar-refractivity contribution in [3.05, 3.63) is 27.5 Å².